The molecule has 2 unspecified atom stereocenters. The van der Waals surface area contributed by atoms with Gasteiger partial charge in [0.15, 0.2) is 6.04 Å². The maximum Gasteiger partial charge on any atom is 0.331 e. The zero-order valence-corrected chi connectivity index (χ0v) is 13.6. The molecule has 0 aliphatic carbocycles. The summed E-state index contributed by atoms with van der Waals surface area (Å²) < 4.78 is 11.0. The molecule has 3 rings (SSSR count). The van der Waals surface area contributed by atoms with Crippen LogP contribution in [0.15, 0.2) is 24.3 Å². The molecule has 24 heavy (non-hydrogen) atoms. The average Bonchev–Trinajstić information content (AvgIpc) is 3.10. The van der Waals surface area contributed by atoms with E-state index in [0.717, 1.165) is 25.0 Å². The van der Waals surface area contributed by atoms with Gasteiger partial charge in [-0.3, -0.25) is 4.79 Å². The number of nitrogens with zero attached hydrogens (tertiary/aromatic N) is 1. The third kappa shape index (κ3) is 3.76. The number of carboxylic acids is 1. The van der Waals surface area contributed by atoms with Crippen molar-refractivity contribution in [2.45, 2.75) is 37.8 Å². The first-order valence-electron chi connectivity index (χ1n) is 8.46. The van der Waals surface area contributed by atoms with Crippen LogP contribution in [0.1, 0.15) is 36.4 Å². The Morgan fingerprint density at radius 2 is 2.17 bits per heavy atom. The Kier molecular flexibility index (Phi) is 5.48. The van der Waals surface area contributed by atoms with Crippen molar-refractivity contribution in [1.82, 2.24) is 4.90 Å². The van der Waals surface area contributed by atoms with Crippen molar-refractivity contribution in [2.24, 2.45) is 0 Å². The number of aliphatic carboxylic acids is 1. The van der Waals surface area contributed by atoms with Gasteiger partial charge in [0.05, 0.1) is 25.7 Å². The summed E-state index contributed by atoms with van der Waals surface area (Å²) in [6.45, 7) is 2.00. The Morgan fingerprint density at radius 1 is 1.33 bits per heavy atom. The van der Waals surface area contributed by atoms with E-state index in [9.17, 15) is 14.7 Å². The van der Waals surface area contributed by atoms with E-state index in [1.165, 1.54) is 4.90 Å². The van der Waals surface area contributed by atoms with Gasteiger partial charge in [0.25, 0.3) is 0 Å². The number of carboxylic acid groups (broad SMARTS) is 1. The second-order valence-electron chi connectivity index (χ2n) is 6.24. The van der Waals surface area contributed by atoms with Crippen LogP contribution in [0, 0.1) is 0 Å². The molecule has 6 heteroatoms. The summed E-state index contributed by atoms with van der Waals surface area (Å²) in [4.78, 5) is 25.6. The Balaban J connectivity index is 1.56. The zero-order valence-electron chi connectivity index (χ0n) is 13.6. The molecular weight excluding hydrogens is 310 g/mol. The highest BCUT2D eigenvalue weighted by Gasteiger charge is 2.35. The number of fused-ring (bicyclic) bond motifs is 1. The topological polar surface area (TPSA) is 76.1 Å². The summed E-state index contributed by atoms with van der Waals surface area (Å²) in [5.74, 6) is -1.17. The first kappa shape index (κ1) is 16.9. The predicted molar refractivity (Wildman–Crippen MR) is 86.6 cm³/mol. The van der Waals surface area contributed by atoms with Crippen LogP contribution in [0.5, 0.6) is 0 Å². The average molecular weight is 333 g/mol. The van der Waals surface area contributed by atoms with Crippen LogP contribution in [-0.4, -0.2) is 54.4 Å². The maximum absolute atomic E-state index is 12.5. The van der Waals surface area contributed by atoms with E-state index in [1.54, 1.807) is 6.07 Å². The van der Waals surface area contributed by atoms with Crippen molar-refractivity contribution in [3.05, 3.63) is 35.4 Å². The smallest absolute Gasteiger partial charge is 0.331 e. The van der Waals surface area contributed by atoms with Crippen LogP contribution in [0.25, 0.3) is 0 Å². The summed E-state index contributed by atoms with van der Waals surface area (Å²) in [5.41, 5.74) is 1.72. The fourth-order valence-electron chi connectivity index (χ4n) is 3.40. The van der Waals surface area contributed by atoms with Gasteiger partial charge in [-0.05, 0) is 30.4 Å². The predicted octanol–water partition coefficient (Wildman–Crippen LogP) is 1.78. The normalized spacial score (nSPS) is 23.1. The first-order chi connectivity index (χ1) is 11.7. The Labute approximate surface area is 141 Å². The molecule has 0 spiro atoms. The molecule has 2 aliphatic rings. The monoisotopic (exact) mass is 333 g/mol. The molecule has 0 aromatic heterocycles. The van der Waals surface area contributed by atoms with Gasteiger partial charge in [-0.1, -0.05) is 24.3 Å². The molecule has 2 heterocycles. The molecule has 1 aromatic rings. The first-order valence-corrected chi connectivity index (χ1v) is 8.46. The molecular formula is C18H23NO5. The van der Waals surface area contributed by atoms with Crippen molar-refractivity contribution in [3.8, 4) is 0 Å². The lowest BCUT2D eigenvalue weighted by Crippen LogP contribution is -2.43. The highest BCUT2D eigenvalue weighted by molar-refractivity contribution is 5.85. The lowest BCUT2D eigenvalue weighted by molar-refractivity contribution is -0.151. The van der Waals surface area contributed by atoms with Gasteiger partial charge in [-0.15, -0.1) is 0 Å². The maximum atomic E-state index is 12.5. The van der Waals surface area contributed by atoms with Crippen LogP contribution in [0.3, 0.4) is 0 Å². The van der Waals surface area contributed by atoms with E-state index in [-0.39, 0.29) is 18.4 Å². The molecule has 1 N–H and O–H groups in total. The summed E-state index contributed by atoms with van der Waals surface area (Å²) in [5, 5.41) is 9.58. The van der Waals surface area contributed by atoms with E-state index in [1.807, 2.05) is 18.2 Å². The van der Waals surface area contributed by atoms with Gasteiger partial charge in [0.2, 0.25) is 5.91 Å². The van der Waals surface area contributed by atoms with Gasteiger partial charge >= 0.3 is 5.97 Å². The second-order valence-corrected chi connectivity index (χ2v) is 6.24. The molecule has 1 amide bonds. The fraction of sp³-hybridized carbons (Fsp3) is 0.556. The largest absolute Gasteiger partial charge is 0.479 e. The van der Waals surface area contributed by atoms with E-state index < -0.39 is 12.0 Å². The van der Waals surface area contributed by atoms with E-state index >= 15 is 0 Å². The number of hydrogen-bond acceptors (Lipinski definition) is 4. The molecule has 6 nitrogen and oxygen atoms in total. The van der Waals surface area contributed by atoms with Crippen molar-refractivity contribution in [3.63, 3.8) is 0 Å². The van der Waals surface area contributed by atoms with Crippen LogP contribution in [0.2, 0.25) is 0 Å². The summed E-state index contributed by atoms with van der Waals surface area (Å²) in [7, 11) is 0. The number of rotatable bonds is 6. The molecule has 1 fully saturated rings. The van der Waals surface area contributed by atoms with Crippen LogP contribution in [-0.2, 0) is 25.5 Å². The molecule has 1 saturated heterocycles. The summed E-state index contributed by atoms with van der Waals surface area (Å²) >= 11 is 0. The third-order valence-corrected chi connectivity index (χ3v) is 4.63. The zero-order chi connectivity index (χ0) is 16.9. The highest BCUT2D eigenvalue weighted by Crippen LogP contribution is 2.30. The number of ether oxygens (including phenoxy) is 2. The number of carbonyl (C=O) groups excluding carboxylic acids is 1. The van der Waals surface area contributed by atoms with Crippen molar-refractivity contribution >= 4 is 11.9 Å². The van der Waals surface area contributed by atoms with Crippen LogP contribution in [0.4, 0.5) is 0 Å². The molecule has 1 aromatic carbocycles. The Morgan fingerprint density at radius 3 is 2.92 bits per heavy atom. The minimum absolute atomic E-state index is 0.133. The minimum atomic E-state index is -0.990. The quantitative estimate of drug-likeness (QED) is 0.803. The standard InChI is InChI=1S/C18H23NO5/c20-16(8-11-23-12-14-5-3-10-24-14)19-9-7-13-4-1-2-6-15(13)17(19)18(21)22/h1-2,4,6,14,17H,3,5,7-12H2,(H,21,22). The highest BCUT2D eigenvalue weighted by atomic mass is 16.5. The fourth-order valence-corrected chi connectivity index (χ4v) is 3.40. The minimum Gasteiger partial charge on any atom is -0.479 e. The lowest BCUT2D eigenvalue weighted by atomic mass is 9.92. The van der Waals surface area contributed by atoms with Crippen molar-refractivity contribution < 1.29 is 24.2 Å². The molecule has 2 atom stereocenters. The van der Waals surface area contributed by atoms with E-state index in [4.69, 9.17) is 9.47 Å². The third-order valence-electron chi connectivity index (χ3n) is 4.63. The van der Waals surface area contributed by atoms with Gasteiger partial charge in [0.1, 0.15) is 0 Å². The molecule has 130 valence electrons. The van der Waals surface area contributed by atoms with Crippen LogP contribution >= 0.6 is 0 Å². The molecule has 2 aliphatic heterocycles. The van der Waals surface area contributed by atoms with E-state index in [0.29, 0.717) is 31.7 Å². The Hall–Kier alpha value is -1.92. The summed E-state index contributed by atoms with van der Waals surface area (Å²) in [6.07, 6.45) is 3.06. The van der Waals surface area contributed by atoms with Gasteiger partial charge in [0, 0.05) is 13.2 Å². The van der Waals surface area contributed by atoms with Gasteiger partial charge in [-0.2, -0.15) is 0 Å². The Bertz CT molecular complexity index is 597. The van der Waals surface area contributed by atoms with E-state index in [2.05, 4.69) is 0 Å². The number of amides is 1. The van der Waals surface area contributed by atoms with Gasteiger partial charge in [-0.25, -0.2) is 4.79 Å². The van der Waals surface area contributed by atoms with Crippen molar-refractivity contribution in [2.75, 3.05) is 26.4 Å². The van der Waals surface area contributed by atoms with Gasteiger partial charge < -0.3 is 19.5 Å². The SMILES string of the molecule is O=C(O)C1c2ccccc2CCN1C(=O)CCOCC1CCCO1. The summed E-state index contributed by atoms with van der Waals surface area (Å²) in [6, 6.07) is 6.53. The van der Waals surface area contributed by atoms with Crippen molar-refractivity contribution in [1.29, 1.82) is 0 Å². The molecule has 0 saturated carbocycles. The number of carbonyl (C=O) groups is 2. The molecule has 0 radical (unpaired) electrons. The molecule has 0 bridgehead atoms. The number of hydrogen-bond donors (Lipinski definition) is 1. The lowest BCUT2D eigenvalue weighted by Gasteiger charge is -2.34. The van der Waals surface area contributed by atoms with Crippen LogP contribution < -0.4 is 0 Å². The number of benzene rings is 1. The second kappa shape index (κ2) is 7.77.